The number of carbonyl (C=O) groups excluding carboxylic acids is 1. The van der Waals surface area contributed by atoms with Gasteiger partial charge < -0.3 is 35.2 Å². The first-order chi connectivity index (χ1) is 26.4. The van der Waals surface area contributed by atoms with Gasteiger partial charge in [-0.25, -0.2) is 14.8 Å². The summed E-state index contributed by atoms with van der Waals surface area (Å²) >= 11 is 0. The first-order valence-corrected chi connectivity index (χ1v) is 20.8. The number of rotatable bonds is 2. The van der Waals surface area contributed by atoms with Crippen LogP contribution in [0.1, 0.15) is 54.8 Å². The molecule has 13 nitrogen and oxygen atoms in total. The lowest BCUT2D eigenvalue weighted by molar-refractivity contribution is -0.848. The normalized spacial score (nSPS) is 27.3. The number of quaternary nitrogens is 1. The smallest absolute Gasteiger partial charge is 0.341 e. The van der Waals surface area contributed by atoms with E-state index in [1.807, 2.05) is 31.3 Å². The molecule has 5 unspecified atom stereocenters. The van der Waals surface area contributed by atoms with E-state index in [0.29, 0.717) is 66.0 Å². The predicted octanol–water partition coefficient (Wildman–Crippen LogP) is 4.36. The molecule has 2 bridgehead atoms. The van der Waals surface area contributed by atoms with Gasteiger partial charge in [0.1, 0.15) is 76.6 Å². The number of aliphatic imine (C=N–C) groups is 1. The van der Waals surface area contributed by atoms with E-state index in [1.165, 1.54) is 11.0 Å². The standard InChI is InChI=1S/C40H40N6O7S2/c1-20-10-29(47)35-31(50-20)15-30-25(36(35)48)14-33-39(2,52-30)7-9-54-55-19-26-24(13-23(44-37(26)42)17-46-16-22-6-8-43-28(22)18-46)27-11-21(12-34(41)45-27)4-5-32-40(3,53-32)38(49)51-33/h6,8,10-13,15-16,32-33,48H,4-5,7,9,14,17-19H2,1-3H3,(H2,41,45)(H2,42,44)/p+1. The minimum atomic E-state index is -1.16. The third-order valence-corrected chi connectivity index (χ3v) is 13.5. The number of epoxide rings is 1. The third-order valence-electron chi connectivity index (χ3n) is 11.2. The molecule has 284 valence electrons. The van der Waals surface area contributed by atoms with Crippen molar-refractivity contribution in [2.75, 3.05) is 23.8 Å². The number of esters is 1. The number of aryl methyl sites for hydroxylation is 2. The summed E-state index contributed by atoms with van der Waals surface area (Å²) in [6.07, 6.45) is 6.65. The van der Waals surface area contributed by atoms with Crippen LogP contribution >= 0.6 is 21.6 Å². The minimum Gasteiger partial charge on any atom is -0.507 e. The first-order valence-electron chi connectivity index (χ1n) is 18.3. The Balaban J connectivity index is 1.04. The minimum absolute atomic E-state index is 0.0676. The second-order valence-corrected chi connectivity index (χ2v) is 17.8. The van der Waals surface area contributed by atoms with Crippen molar-refractivity contribution in [3.8, 4) is 22.8 Å². The molecule has 1 fully saturated rings. The number of carbonyl (C=O) groups is 1. The molecule has 1 saturated heterocycles. The van der Waals surface area contributed by atoms with Gasteiger partial charge in [-0.05, 0) is 63.5 Å². The Morgan fingerprint density at radius 1 is 1.05 bits per heavy atom. The molecule has 9 rings (SSSR count). The Bertz CT molecular complexity index is 2450. The van der Waals surface area contributed by atoms with Crippen LogP contribution in [0.15, 0.2) is 68.6 Å². The zero-order valence-corrected chi connectivity index (χ0v) is 32.3. The van der Waals surface area contributed by atoms with Gasteiger partial charge in [0.25, 0.3) is 0 Å². The van der Waals surface area contributed by atoms with Crippen molar-refractivity contribution in [3.63, 3.8) is 0 Å². The van der Waals surface area contributed by atoms with Gasteiger partial charge in [-0.2, -0.15) is 0 Å². The van der Waals surface area contributed by atoms with Crippen LogP contribution in [0.3, 0.4) is 0 Å². The number of anilines is 2. The van der Waals surface area contributed by atoms with E-state index in [4.69, 9.17) is 40.1 Å². The number of allylic oxidation sites excluding steroid dienone is 1. The highest BCUT2D eigenvalue weighted by molar-refractivity contribution is 8.76. The van der Waals surface area contributed by atoms with E-state index in [1.54, 1.807) is 41.5 Å². The van der Waals surface area contributed by atoms with Gasteiger partial charge in [-0.15, -0.1) is 0 Å². The number of aromatic nitrogens is 2. The van der Waals surface area contributed by atoms with Crippen LogP contribution in [0.25, 0.3) is 22.2 Å². The highest BCUT2D eigenvalue weighted by Crippen LogP contribution is 2.47. The highest BCUT2D eigenvalue weighted by Gasteiger charge is 2.61. The topological polar surface area (TPSA) is 193 Å². The molecule has 5 atom stereocenters. The van der Waals surface area contributed by atoms with Gasteiger partial charge in [-0.1, -0.05) is 21.6 Å². The number of phenolic OH excluding ortho intramolecular Hbond substituents is 1. The molecule has 4 aromatic rings. The van der Waals surface area contributed by atoms with Gasteiger partial charge in [0, 0.05) is 59.4 Å². The number of ether oxygens (including phenoxy) is 3. The van der Waals surface area contributed by atoms with E-state index < -0.39 is 23.3 Å². The third kappa shape index (κ3) is 6.56. The molecule has 0 saturated carbocycles. The molecular formula is C40H41N6O7S2+. The summed E-state index contributed by atoms with van der Waals surface area (Å²) in [7, 11) is 3.28. The molecule has 8 heterocycles. The number of benzene rings is 1. The number of hydrogen-bond acceptors (Lipinski definition) is 14. The fourth-order valence-corrected chi connectivity index (χ4v) is 10.4. The molecule has 0 amide bonds. The summed E-state index contributed by atoms with van der Waals surface area (Å²) < 4.78 is 24.7. The number of nitrogen functional groups attached to an aromatic ring is 2. The van der Waals surface area contributed by atoms with E-state index in [2.05, 4.69) is 17.3 Å². The van der Waals surface area contributed by atoms with E-state index >= 15 is 0 Å². The average molecular weight is 782 g/mol. The Hall–Kier alpha value is -4.83. The van der Waals surface area contributed by atoms with E-state index in [-0.39, 0.29) is 34.7 Å². The van der Waals surface area contributed by atoms with Crippen molar-refractivity contribution in [2.24, 2.45) is 4.99 Å². The molecule has 5 aliphatic heterocycles. The lowest BCUT2D eigenvalue weighted by Gasteiger charge is -2.42. The number of aromatic hydroxyl groups is 1. The van der Waals surface area contributed by atoms with Crippen molar-refractivity contribution < 1.29 is 33.4 Å². The first kappa shape index (κ1) is 35.8. The molecule has 15 heteroatoms. The van der Waals surface area contributed by atoms with Crippen molar-refractivity contribution in [1.82, 2.24) is 9.97 Å². The summed E-state index contributed by atoms with van der Waals surface area (Å²) in [6.45, 7) is 6.76. The van der Waals surface area contributed by atoms with Gasteiger partial charge in [0.05, 0.1) is 23.1 Å². The van der Waals surface area contributed by atoms with E-state index in [9.17, 15) is 14.7 Å². The molecular weight excluding hydrogens is 741 g/mol. The number of nitrogens with one attached hydrogen (secondary N) is 1. The number of hydrogen-bond donors (Lipinski definition) is 4. The highest BCUT2D eigenvalue weighted by atomic mass is 33.1. The lowest BCUT2D eigenvalue weighted by atomic mass is 9.86. The van der Waals surface area contributed by atoms with Crippen LogP contribution in [-0.4, -0.2) is 62.5 Å². The van der Waals surface area contributed by atoms with Crippen molar-refractivity contribution >= 4 is 55.9 Å². The quantitative estimate of drug-likeness (QED) is 0.128. The number of pyridine rings is 2. The fraction of sp³-hybridized carbons (Fsp3) is 0.375. The number of nitrogens with two attached hydrogens (primary N) is 2. The number of fused-ring (bicyclic) bond motifs is 9. The Labute approximate surface area is 324 Å². The lowest BCUT2D eigenvalue weighted by Crippen LogP contribution is -3.05. The van der Waals surface area contributed by atoms with Crippen LogP contribution in [0.5, 0.6) is 11.5 Å². The van der Waals surface area contributed by atoms with Crippen LogP contribution in [0.2, 0.25) is 0 Å². The average Bonchev–Trinajstić information content (AvgIpc) is 3.37. The molecule has 0 aliphatic carbocycles. The maximum absolute atomic E-state index is 13.9. The Morgan fingerprint density at radius 2 is 1.91 bits per heavy atom. The molecule has 3 aromatic heterocycles. The van der Waals surface area contributed by atoms with Crippen molar-refractivity contribution in [3.05, 3.63) is 92.7 Å². The molecule has 0 radical (unpaired) electrons. The number of nitrogens with zero attached hydrogens (tertiary/aromatic N) is 3. The van der Waals surface area contributed by atoms with E-state index in [0.717, 1.165) is 45.9 Å². The molecule has 1 aromatic carbocycles. The van der Waals surface area contributed by atoms with Gasteiger partial charge in [-0.3, -0.25) is 14.7 Å². The summed E-state index contributed by atoms with van der Waals surface area (Å²) in [6, 6.07) is 8.95. The zero-order valence-electron chi connectivity index (χ0n) is 30.6. The summed E-state index contributed by atoms with van der Waals surface area (Å²) in [4.78, 5) is 42.1. The van der Waals surface area contributed by atoms with Crippen LogP contribution in [-0.2, 0) is 39.4 Å². The molecule has 55 heavy (non-hydrogen) atoms. The summed E-state index contributed by atoms with van der Waals surface area (Å²) in [5, 5.41) is 11.4. The second-order valence-electron chi connectivity index (χ2n) is 15.2. The molecule has 5 aliphatic rings. The Morgan fingerprint density at radius 3 is 2.75 bits per heavy atom. The van der Waals surface area contributed by atoms with Gasteiger partial charge >= 0.3 is 5.97 Å². The molecule has 6 N–H and O–H groups in total. The largest absolute Gasteiger partial charge is 0.507 e. The fourth-order valence-electron chi connectivity index (χ4n) is 8.05. The second kappa shape index (κ2) is 13.4. The predicted molar refractivity (Wildman–Crippen MR) is 212 cm³/mol. The van der Waals surface area contributed by atoms with Gasteiger partial charge in [0.2, 0.25) is 0 Å². The summed E-state index contributed by atoms with van der Waals surface area (Å²) in [5.74, 6) is 2.10. The van der Waals surface area contributed by atoms with Crippen molar-refractivity contribution in [1.29, 1.82) is 0 Å². The number of phenols is 1. The van der Waals surface area contributed by atoms with Gasteiger partial charge in [0.15, 0.2) is 11.0 Å². The molecule has 0 spiro atoms. The Kier molecular flexibility index (Phi) is 8.75. The zero-order chi connectivity index (χ0) is 38.2. The SMILES string of the molecule is Cc1cc(=O)c2c(O)c3c(cc2o1)OC1(C)CCSSCc2c(cc(C[NH+]4C=C5C=CN=C5C4)nc2N)-c2cc(cc(N)n2)CCC2OC2(C)C(=O)OC1C3. The maximum atomic E-state index is 13.9. The monoisotopic (exact) mass is 781 g/mol. The van der Waals surface area contributed by atoms with Crippen LogP contribution in [0, 0.1) is 6.92 Å². The van der Waals surface area contributed by atoms with Crippen LogP contribution < -0.4 is 26.5 Å². The van der Waals surface area contributed by atoms with Crippen LogP contribution in [0.4, 0.5) is 11.6 Å². The maximum Gasteiger partial charge on any atom is 0.341 e. The van der Waals surface area contributed by atoms with Crippen molar-refractivity contribution in [2.45, 2.75) is 82.2 Å². The summed E-state index contributed by atoms with van der Waals surface area (Å²) in [5.41, 5.74) is 17.8.